The molecule has 2 aromatic carbocycles. The maximum Gasteiger partial charge on any atom is 0.251 e. The lowest BCUT2D eigenvalue weighted by Crippen LogP contribution is -2.14. The topological polar surface area (TPSA) is 55.1 Å². The van der Waals surface area contributed by atoms with Gasteiger partial charge in [-0.2, -0.15) is 0 Å². The summed E-state index contributed by atoms with van der Waals surface area (Å²) >= 11 is 0. The summed E-state index contributed by atoms with van der Waals surface area (Å²) in [6.45, 7) is 2.33. The number of anilines is 1. The van der Waals surface area contributed by atoms with Crippen molar-refractivity contribution in [3.8, 4) is 0 Å². The van der Waals surface area contributed by atoms with Crippen molar-refractivity contribution in [1.29, 1.82) is 0 Å². The van der Waals surface area contributed by atoms with Gasteiger partial charge in [0, 0.05) is 12.6 Å². The predicted molar refractivity (Wildman–Crippen MR) is 73.4 cm³/mol. The van der Waals surface area contributed by atoms with Gasteiger partial charge in [0.2, 0.25) is 0 Å². The van der Waals surface area contributed by atoms with Crippen LogP contribution in [0.2, 0.25) is 0 Å². The molecule has 3 N–H and O–H groups in total. The first-order valence-electron chi connectivity index (χ1n) is 6.05. The van der Waals surface area contributed by atoms with Crippen molar-refractivity contribution in [2.45, 2.75) is 13.5 Å². The van der Waals surface area contributed by atoms with E-state index >= 15 is 0 Å². The van der Waals surface area contributed by atoms with E-state index in [0.717, 1.165) is 17.2 Å². The molecule has 0 saturated heterocycles. The number of aryl methyl sites for hydroxylation is 1. The first-order chi connectivity index (χ1) is 9.47. The van der Waals surface area contributed by atoms with Gasteiger partial charge in [0.05, 0.1) is 11.3 Å². The third-order valence-electron chi connectivity index (χ3n) is 2.93. The van der Waals surface area contributed by atoms with Gasteiger partial charge in [-0.15, -0.1) is 0 Å². The Morgan fingerprint density at radius 1 is 1.15 bits per heavy atom. The van der Waals surface area contributed by atoms with Crippen molar-refractivity contribution >= 4 is 11.6 Å². The molecule has 1 amide bonds. The van der Waals surface area contributed by atoms with Crippen LogP contribution in [0, 0.1) is 18.6 Å². The fourth-order valence-corrected chi connectivity index (χ4v) is 1.78. The molecule has 0 unspecified atom stereocenters. The highest BCUT2D eigenvalue weighted by Crippen LogP contribution is 2.20. The van der Waals surface area contributed by atoms with E-state index in [0.29, 0.717) is 12.6 Å². The van der Waals surface area contributed by atoms with E-state index in [-0.39, 0.29) is 11.3 Å². The van der Waals surface area contributed by atoms with Crippen LogP contribution in [0.25, 0.3) is 0 Å². The van der Waals surface area contributed by atoms with Crippen molar-refractivity contribution in [3.05, 3.63) is 64.7 Å². The fourth-order valence-electron chi connectivity index (χ4n) is 1.78. The third-order valence-corrected chi connectivity index (χ3v) is 2.93. The number of hydrogen-bond acceptors (Lipinski definition) is 2. The lowest BCUT2D eigenvalue weighted by molar-refractivity contribution is 0.0996. The Morgan fingerprint density at radius 2 is 1.80 bits per heavy atom. The molecule has 5 heteroatoms. The van der Waals surface area contributed by atoms with Crippen LogP contribution in [-0.2, 0) is 6.54 Å². The zero-order valence-electron chi connectivity index (χ0n) is 10.9. The number of rotatable bonds is 4. The molecule has 0 heterocycles. The number of carbonyl (C=O) groups is 1. The fraction of sp³-hybridized carbons (Fsp3) is 0.133. The Hall–Kier alpha value is -2.43. The number of amides is 1. The van der Waals surface area contributed by atoms with Gasteiger partial charge in [0.1, 0.15) is 11.6 Å². The van der Waals surface area contributed by atoms with E-state index in [1.807, 2.05) is 31.2 Å². The van der Waals surface area contributed by atoms with Crippen molar-refractivity contribution in [1.82, 2.24) is 0 Å². The van der Waals surface area contributed by atoms with Crippen LogP contribution < -0.4 is 11.1 Å². The average Bonchev–Trinajstić information content (AvgIpc) is 2.39. The minimum Gasteiger partial charge on any atom is -0.379 e. The van der Waals surface area contributed by atoms with Gasteiger partial charge in [-0.1, -0.05) is 29.8 Å². The molecule has 0 atom stereocenters. The zero-order chi connectivity index (χ0) is 14.7. The lowest BCUT2D eigenvalue weighted by Gasteiger charge is -2.10. The van der Waals surface area contributed by atoms with Gasteiger partial charge in [0.25, 0.3) is 5.91 Å². The molecule has 0 saturated carbocycles. The minimum atomic E-state index is -0.962. The number of carbonyl (C=O) groups excluding carboxylic acids is 1. The molecule has 2 rings (SSSR count). The Labute approximate surface area is 115 Å². The summed E-state index contributed by atoms with van der Waals surface area (Å²) in [5.41, 5.74) is 6.80. The van der Waals surface area contributed by atoms with Crippen molar-refractivity contribution < 1.29 is 13.6 Å². The van der Waals surface area contributed by atoms with E-state index in [1.54, 1.807) is 0 Å². The van der Waals surface area contributed by atoms with E-state index in [1.165, 1.54) is 0 Å². The summed E-state index contributed by atoms with van der Waals surface area (Å²) in [7, 11) is 0. The predicted octanol–water partition coefficient (Wildman–Crippen LogP) is 2.98. The van der Waals surface area contributed by atoms with Gasteiger partial charge in [0.15, 0.2) is 0 Å². The van der Waals surface area contributed by atoms with Crippen LogP contribution in [0.3, 0.4) is 0 Å². The molecule has 0 aliphatic carbocycles. The summed E-state index contributed by atoms with van der Waals surface area (Å²) in [5, 5.41) is 2.82. The lowest BCUT2D eigenvalue weighted by atomic mass is 10.1. The Kier molecular flexibility index (Phi) is 3.98. The minimum absolute atomic E-state index is 0.0424. The molecular weight excluding hydrogens is 262 g/mol. The van der Waals surface area contributed by atoms with Gasteiger partial charge >= 0.3 is 0 Å². The third kappa shape index (κ3) is 3.12. The van der Waals surface area contributed by atoms with Crippen LogP contribution in [0.15, 0.2) is 36.4 Å². The van der Waals surface area contributed by atoms with Crippen molar-refractivity contribution in [2.24, 2.45) is 5.73 Å². The Balaban J connectivity index is 2.18. The quantitative estimate of drug-likeness (QED) is 0.902. The smallest absolute Gasteiger partial charge is 0.251 e. The highest BCUT2D eigenvalue weighted by molar-refractivity contribution is 5.94. The summed E-state index contributed by atoms with van der Waals surface area (Å²) in [6.07, 6.45) is 0. The molecule has 0 radical (unpaired) electrons. The second-order valence-electron chi connectivity index (χ2n) is 4.52. The molecule has 20 heavy (non-hydrogen) atoms. The maximum absolute atomic E-state index is 13.6. The van der Waals surface area contributed by atoms with E-state index in [4.69, 9.17) is 5.73 Å². The van der Waals surface area contributed by atoms with Gasteiger partial charge in [-0.3, -0.25) is 4.79 Å². The number of halogens is 2. The summed E-state index contributed by atoms with van der Waals surface area (Å²) < 4.78 is 26.9. The molecule has 104 valence electrons. The number of nitrogens with two attached hydrogens (primary N) is 1. The molecule has 0 bridgehead atoms. The molecule has 0 aromatic heterocycles. The largest absolute Gasteiger partial charge is 0.379 e. The average molecular weight is 276 g/mol. The summed E-state index contributed by atoms with van der Waals surface area (Å²) in [4.78, 5) is 11.0. The highest BCUT2D eigenvalue weighted by Gasteiger charge is 2.13. The highest BCUT2D eigenvalue weighted by atomic mass is 19.1. The van der Waals surface area contributed by atoms with E-state index in [2.05, 4.69) is 5.32 Å². The molecule has 2 aromatic rings. The molecule has 3 nitrogen and oxygen atoms in total. The van der Waals surface area contributed by atoms with Gasteiger partial charge < -0.3 is 11.1 Å². The van der Waals surface area contributed by atoms with Crippen molar-refractivity contribution in [2.75, 3.05) is 5.32 Å². The Bertz CT molecular complexity index is 639. The van der Waals surface area contributed by atoms with Gasteiger partial charge in [-0.25, -0.2) is 8.78 Å². The van der Waals surface area contributed by atoms with Crippen LogP contribution in [-0.4, -0.2) is 5.91 Å². The van der Waals surface area contributed by atoms with Gasteiger partial charge in [-0.05, 0) is 18.6 Å². The summed E-state index contributed by atoms with van der Waals surface area (Å²) in [6, 6.07) is 9.41. The number of benzene rings is 2. The van der Waals surface area contributed by atoms with Crippen LogP contribution in [0.1, 0.15) is 21.5 Å². The molecular formula is C15H14F2N2O. The number of nitrogens with one attached hydrogen (secondary N) is 1. The normalized spacial score (nSPS) is 10.3. The Morgan fingerprint density at radius 3 is 2.40 bits per heavy atom. The second kappa shape index (κ2) is 5.69. The summed E-state index contributed by atoms with van der Waals surface area (Å²) in [5.74, 6) is -2.66. The number of hydrogen-bond donors (Lipinski definition) is 2. The monoisotopic (exact) mass is 276 g/mol. The second-order valence-corrected chi connectivity index (χ2v) is 4.52. The van der Waals surface area contributed by atoms with Crippen LogP contribution in [0.4, 0.5) is 14.5 Å². The first kappa shape index (κ1) is 14.0. The van der Waals surface area contributed by atoms with Crippen LogP contribution in [0.5, 0.6) is 0 Å². The van der Waals surface area contributed by atoms with E-state index in [9.17, 15) is 13.6 Å². The zero-order valence-corrected chi connectivity index (χ0v) is 10.9. The molecule has 0 aliphatic heterocycles. The molecule has 0 fully saturated rings. The van der Waals surface area contributed by atoms with E-state index < -0.39 is 17.5 Å². The molecule has 0 aliphatic rings. The standard InChI is InChI=1S/C15H14F2N2O/c1-9-2-4-10(5-3-9)8-19-14-6-11(15(18)20)12(16)7-13(14)17/h2-7,19H,8H2,1H3,(H2,18,20). The molecule has 0 spiro atoms. The van der Waals surface area contributed by atoms with Crippen LogP contribution >= 0.6 is 0 Å². The van der Waals surface area contributed by atoms with Crippen molar-refractivity contribution in [3.63, 3.8) is 0 Å². The SMILES string of the molecule is Cc1ccc(CNc2cc(C(N)=O)c(F)cc2F)cc1. The maximum atomic E-state index is 13.6. The number of primary amides is 1. The first-order valence-corrected chi connectivity index (χ1v) is 6.05.